The summed E-state index contributed by atoms with van der Waals surface area (Å²) in [6.07, 6.45) is 5.63. The molecule has 3 saturated carbocycles. The fourth-order valence-corrected chi connectivity index (χ4v) is 5.31. The minimum Gasteiger partial charge on any atom is -0.247 e. The summed E-state index contributed by atoms with van der Waals surface area (Å²) in [4.78, 5) is 0. The van der Waals surface area contributed by atoms with Crippen LogP contribution in [0.2, 0.25) is 0 Å². The largest absolute Gasteiger partial charge is 0.394 e. The first kappa shape index (κ1) is 19.2. The van der Waals surface area contributed by atoms with Gasteiger partial charge in [0.2, 0.25) is 0 Å². The Morgan fingerprint density at radius 2 is 1.36 bits per heavy atom. The summed E-state index contributed by atoms with van der Waals surface area (Å²) in [6.45, 7) is 3.90. The Kier molecular flexibility index (Phi) is 6.15. The second-order valence-corrected chi connectivity index (χ2v) is 8.34. The van der Waals surface area contributed by atoms with Gasteiger partial charge in [-0.1, -0.05) is 6.08 Å². The van der Waals surface area contributed by atoms with E-state index < -0.39 is 18.3 Å². The van der Waals surface area contributed by atoms with Crippen molar-refractivity contribution < 1.29 is 17.6 Å². The lowest BCUT2D eigenvalue weighted by Gasteiger charge is -2.41. The van der Waals surface area contributed by atoms with E-state index >= 15 is 0 Å². The molecule has 142 valence electrons. The lowest BCUT2D eigenvalue weighted by Crippen LogP contribution is -2.38. The van der Waals surface area contributed by atoms with Crippen molar-refractivity contribution in [3.63, 3.8) is 0 Å². The SMILES string of the molecule is C=CC1CC[C](C2CC[C](C3CCC(C(F)(F)F)C(F)C3)CC2)CC1. The van der Waals surface area contributed by atoms with Crippen molar-refractivity contribution in [1.82, 2.24) is 0 Å². The van der Waals surface area contributed by atoms with Gasteiger partial charge in [-0.05, 0) is 100 Å². The van der Waals surface area contributed by atoms with Gasteiger partial charge in [-0.15, -0.1) is 6.58 Å². The molecule has 3 unspecified atom stereocenters. The third kappa shape index (κ3) is 4.60. The van der Waals surface area contributed by atoms with E-state index in [-0.39, 0.29) is 18.8 Å². The van der Waals surface area contributed by atoms with Gasteiger partial charge in [0.1, 0.15) is 6.17 Å². The molecular formula is C21H30F4. The number of allylic oxidation sites excluding steroid dienone is 1. The normalized spacial score (nSPS) is 35.0. The van der Waals surface area contributed by atoms with Gasteiger partial charge in [0.15, 0.2) is 0 Å². The highest BCUT2D eigenvalue weighted by atomic mass is 19.4. The number of rotatable bonds is 3. The van der Waals surface area contributed by atoms with Crippen LogP contribution in [-0.4, -0.2) is 12.3 Å². The molecule has 3 rings (SSSR count). The molecule has 4 heteroatoms. The minimum atomic E-state index is -4.38. The first-order valence-corrected chi connectivity index (χ1v) is 9.91. The summed E-state index contributed by atoms with van der Waals surface area (Å²) < 4.78 is 52.5. The summed E-state index contributed by atoms with van der Waals surface area (Å²) in [7, 11) is 0. The molecule has 0 aliphatic heterocycles. The molecule has 3 atom stereocenters. The predicted molar refractivity (Wildman–Crippen MR) is 92.4 cm³/mol. The van der Waals surface area contributed by atoms with Gasteiger partial charge in [0, 0.05) is 0 Å². The van der Waals surface area contributed by atoms with E-state index in [2.05, 4.69) is 12.7 Å². The van der Waals surface area contributed by atoms with E-state index in [1.165, 1.54) is 31.6 Å². The lowest BCUT2D eigenvalue weighted by atomic mass is 9.65. The first-order chi connectivity index (χ1) is 11.9. The molecule has 0 aromatic carbocycles. The molecular weight excluding hydrogens is 328 g/mol. The van der Waals surface area contributed by atoms with Crippen LogP contribution < -0.4 is 0 Å². The average Bonchev–Trinajstić information content (AvgIpc) is 2.61. The van der Waals surface area contributed by atoms with Crippen LogP contribution in [0.25, 0.3) is 0 Å². The van der Waals surface area contributed by atoms with Crippen LogP contribution in [-0.2, 0) is 0 Å². The van der Waals surface area contributed by atoms with Gasteiger partial charge in [-0.25, -0.2) is 4.39 Å². The van der Waals surface area contributed by atoms with Crippen LogP contribution >= 0.6 is 0 Å². The molecule has 0 amide bonds. The first-order valence-electron chi connectivity index (χ1n) is 9.91. The Morgan fingerprint density at radius 3 is 1.88 bits per heavy atom. The molecule has 3 fully saturated rings. The number of hydrogen-bond donors (Lipinski definition) is 0. The van der Waals surface area contributed by atoms with Gasteiger partial charge >= 0.3 is 6.18 Å². The number of halogens is 4. The van der Waals surface area contributed by atoms with Crippen LogP contribution in [0.15, 0.2) is 12.7 Å². The van der Waals surface area contributed by atoms with Crippen LogP contribution in [0.5, 0.6) is 0 Å². The standard InChI is InChI=1S/C21H30F4/c1-2-14-3-5-15(6-4-14)16-7-9-17(10-8-16)18-11-12-19(20(22)13-18)21(23,24)25/h2,14,16,18-20H,1,3-13H2. The molecule has 0 nitrogen and oxygen atoms in total. The topological polar surface area (TPSA) is 0 Å². The van der Waals surface area contributed by atoms with Crippen molar-refractivity contribution in [2.45, 2.75) is 83.0 Å². The van der Waals surface area contributed by atoms with E-state index in [9.17, 15) is 17.6 Å². The van der Waals surface area contributed by atoms with E-state index in [0.717, 1.165) is 25.7 Å². The van der Waals surface area contributed by atoms with Gasteiger partial charge in [0.05, 0.1) is 5.92 Å². The van der Waals surface area contributed by atoms with E-state index in [0.29, 0.717) is 18.3 Å². The van der Waals surface area contributed by atoms with Gasteiger partial charge in [-0.3, -0.25) is 0 Å². The van der Waals surface area contributed by atoms with E-state index in [1.807, 2.05) is 0 Å². The molecule has 0 N–H and O–H groups in total. The minimum absolute atomic E-state index is 0.0391. The highest BCUT2D eigenvalue weighted by Crippen LogP contribution is 2.49. The summed E-state index contributed by atoms with van der Waals surface area (Å²) in [5, 5.41) is 0. The maximum Gasteiger partial charge on any atom is 0.394 e. The number of alkyl halides is 4. The zero-order chi connectivity index (χ0) is 18.0. The van der Waals surface area contributed by atoms with Crippen LogP contribution in [0, 0.1) is 35.5 Å². The third-order valence-electron chi connectivity index (χ3n) is 6.98. The van der Waals surface area contributed by atoms with Crippen molar-refractivity contribution in [3.8, 4) is 0 Å². The fourth-order valence-electron chi connectivity index (χ4n) is 5.31. The van der Waals surface area contributed by atoms with Gasteiger partial charge in [0.25, 0.3) is 0 Å². The maximum absolute atomic E-state index is 14.0. The number of hydrogen-bond acceptors (Lipinski definition) is 0. The maximum atomic E-state index is 14.0. The molecule has 0 heterocycles. The zero-order valence-corrected chi connectivity index (χ0v) is 15.0. The smallest absolute Gasteiger partial charge is 0.247 e. The molecule has 0 aromatic rings. The predicted octanol–water partition coefficient (Wildman–Crippen LogP) is 7.02. The zero-order valence-electron chi connectivity index (χ0n) is 15.0. The second kappa shape index (κ2) is 8.00. The highest BCUT2D eigenvalue weighted by molar-refractivity contribution is 5.09. The Hall–Kier alpha value is -0.540. The quantitative estimate of drug-likeness (QED) is 0.376. The Labute approximate surface area is 149 Å². The molecule has 0 bridgehead atoms. The van der Waals surface area contributed by atoms with Crippen molar-refractivity contribution >= 4 is 0 Å². The van der Waals surface area contributed by atoms with Crippen molar-refractivity contribution in [2.75, 3.05) is 0 Å². The van der Waals surface area contributed by atoms with Crippen molar-refractivity contribution in [1.29, 1.82) is 0 Å². The lowest BCUT2D eigenvalue weighted by molar-refractivity contribution is -0.200. The molecule has 3 aliphatic rings. The van der Waals surface area contributed by atoms with Crippen LogP contribution in [0.1, 0.15) is 70.6 Å². The Balaban J connectivity index is 1.45. The molecule has 3 aliphatic carbocycles. The molecule has 0 saturated heterocycles. The fraction of sp³-hybridized carbons (Fsp3) is 0.810. The van der Waals surface area contributed by atoms with E-state index in [1.54, 1.807) is 5.92 Å². The van der Waals surface area contributed by atoms with Crippen molar-refractivity contribution in [2.24, 2.45) is 23.7 Å². The summed E-state index contributed by atoms with van der Waals surface area (Å²) in [5.41, 5.74) is 0. The monoisotopic (exact) mass is 358 g/mol. The van der Waals surface area contributed by atoms with Gasteiger partial charge < -0.3 is 0 Å². The van der Waals surface area contributed by atoms with Crippen LogP contribution in [0.4, 0.5) is 17.6 Å². The molecule has 25 heavy (non-hydrogen) atoms. The third-order valence-corrected chi connectivity index (χ3v) is 6.98. The summed E-state index contributed by atoms with van der Waals surface area (Å²) in [5.74, 6) is 2.73. The molecule has 0 spiro atoms. The summed E-state index contributed by atoms with van der Waals surface area (Å²) in [6, 6.07) is 0. The summed E-state index contributed by atoms with van der Waals surface area (Å²) >= 11 is 0. The molecule has 2 radical (unpaired) electrons. The van der Waals surface area contributed by atoms with E-state index in [4.69, 9.17) is 0 Å². The second-order valence-electron chi connectivity index (χ2n) is 8.34. The average molecular weight is 358 g/mol. The van der Waals surface area contributed by atoms with Crippen LogP contribution in [0.3, 0.4) is 0 Å². The Morgan fingerprint density at radius 1 is 0.800 bits per heavy atom. The Bertz CT molecular complexity index is 428. The van der Waals surface area contributed by atoms with Crippen molar-refractivity contribution in [3.05, 3.63) is 24.5 Å². The molecule has 0 aromatic heterocycles. The van der Waals surface area contributed by atoms with Gasteiger partial charge in [-0.2, -0.15) is 13.2 Å². The highest BCUT2D eigenvalue weighted by Gasteiger charge is 2.49.